The van der Waals surface area contributed by atoms with E-state index in [1.165, 1.54) is 0 Å². The number of nitrogens with zero attached hydrogens (tertiary/aromatic N) is 2. The molecule has 26 heavy (non-hydrogen) atoms. The van der Waals surface area contributed by atoms with Crippen molar-refractivity contribution in [1.82, 2.24) is 15.1 Å². The summed E-state index contributed by atoms with van der Waals surface area (Å²) in [6.45, 7) is 4.21. The van der Waals surface area contributed by atoms with E-state index in [1.54, 1.807) is 7.11 Å². The van der Waals surface area contributed by atoms with Crippen LogP contribution < -0.4 is 10.1 Å². The highest BCUT2D eigenvalue weighted by Gasteiger charge is 2.17. The highest BCUT2D eigenvalue weighted by molar-refractivity contribution is 9.10. The molecule has 0 saturated heterocycles. The minimum absolute atomic E-state index is 0.0505. The lowest BCUT2D eigenvalue weighted by molar-refractivity contribution is 0.383. The number of benzene rings is 2. The highest BCUT2D eigenvalue weighted by Crippen LogP contribution is 2.26. The Labute approximate surface area is 167 Å². The van der Waals surface area contributed by atoms with Crippen LogP contribution in [0.15, 0.2) is 59.1 Å². The quantitative estimate of drug-likeness (QED) is 0.540. The molecule has 2 aromatic carbocycles. The second kappa shape index (κ2) is 8.25. The zero-order chi connectivity index (χ0) is 18.7. The van der Waals surface area contributed by atoms with Crippen molar-refractivity contribution in [2.24, 2.45) is 0 Å². The summed E-state index contributed by atoms with van der Waals surface area (Å²) in [6, 6.07) is 18.0. The van der Waals surface area contributed by atoms with Gasteiger partial charge in [-0.05, 0) is 55.8 Å². The Kier molecular flexibility index (Phi) is 6.01. The van der Waals surface area contributed by atoms with Crippen LogP contribution in [0.1, 0.15) is 37.2 Å². The van der Waals surface area contributed by atoms with E-state index in [4.69, 9.17) is 21.4 Å². The van der Waals surface area contributed by atoms with Crippen molar-refractivity contribution in [3.63, 3.8) is 0 Å². The van der Waals surface area contributed by atoms with Crippen LogP contribution in [0.3, 0.4) is 0 Å². The van der Waals surface area contributed by atoms with Crippen molar-refractivity contribution in [2.45, 2.75) is 25.9 Å². The second-order valence-electron chi connectivity index (χ2n) is 6.16. The molecule has 0 spiro atoms. The predicted molar refractivity (Wildman–Crippen MR) is 109 cm³/mol. The van der Waals surface area contributed by atoms with Gasteiger partial charge in [0.25, 0.3) is 0 Å². The smallest absolute Gasteiger partial charge is 0.216 e. The minimum atomic E-state index is 0.0505. The molecule has 0 radical (unpaired) electrons. The molecule has 0 saturated carbocycles. The zero-order valence-electron chi connectivity index (χ0n) is 14.9. The van der Waals surface area contributed by atoms with Gasteiger partial charge in [-0.2, -0.15) is 5.10 Å². The first kappa shape index (κ1) is 19.0. The van der Waals surface area contributed by atoms with Crippen molar-refractivity contribution in [1.29, 1.82) is 0 Å². The van der Waals surface area contributed by atoms with Crippen LogP contribution in [-0.2, 0) is 0 Å². The molecule has 0 aliphatic carbocycles. The second-order valence-corrected chi connectivity index (χ2v) is 7.52. The van der Waals surface area contributed by atoms with E-state index in [2.05, 4.69) is 41.2 Å². The van der Waals surface area contributed by atoms with Crippen LogP contribution in [-0.4, -0.2) is 16.9 Å². The molecule has 1 N–H and O–H groups in total. The minimum Gasteiger partial charge on any atom is -0.481 e. The van der Waals surface area contributed by atoms with Gasteiger partial charge in [-0.3, -0.25) is 0 Å². The van der Waals surface area contributed by atoms with Crippen molar-refractivity contribution in [2.75, 3.05) is 7.11 Å². The van der Waals surface area contributed by atoms with Crippen LogP contribution in [0.25, 0.3) is 5.69 Å². The molecular formula is C20H21BrClN3O. The summed E-state index contributed by atoms with van der Waals surface area (Å²) in [7, 11) is 1.66. The highest BCUT2D eigenvalue weighted by atomic mass is 79.9. The molecule has 136 valence electrons. The van der Waals surface area contributed by atoms with Crippen LogP contribution in [0.2, 0.25) is 5.02 Å². The Balaban J connectivity index is 1.81. The molecule has 2 atom stereocenters. The fraction of sp³-hybridized carbons (Fsp3) is 0.250. The van der Waals surface area contributed by atoms with Gasteiger partial charge in [0.15, 0.2) is 0 Å². The van der Waals surface area contributed by atoms with Crippen molar-refractivity contribution >= 4 is 27.5 Å². The maximum atomic E-state index is 6.10. The number of hydrogen-bond acceptors (Lipinski definition) is 3. The molecule has 0 aliphatic rings. The number of rotatable bonds is 6. The normalized spacial score (nSPS) is 13.4. The fourth-order valence-corrected chi connectivity index (χ4v) is 3.30. The topological polar surface area (TPSA) is 39.1 Å². The Morgan fingerprint density at radius 2 is 1.81 bits per heavy atom. The standard InChI is InChI=1S/C20H21BrClN3O/c1-13(15-5-4-6-17(22)11-15)23-14(2)19-12-20(26-3)25(24-19)18-9-7-16(21)8-10-18/h4-14,23H,1-3H3. The lowest BCUT2D eigenvalue weighted by atomic mass is 10.1. The molecule has 0 aliphatic heterocycles. The molecule has 4 nitrogen and oxygen atoms in total. The maximum Gasteiger partial charge on any atom is 0.216 e. The van der Waals surface area contributed by atoms with E-state index in [0.29, 0.717) is 5.88 Å². The number of halogens is 2. The molecule has 0 amide bonds. The van der Waals surface area contributed by atoms with Gasteiger partial charge in [0.2, 0.25) is 5.88 Å². The summed E-state index contributed by atoms with van der Waals surface area (Å²) in [5.41, 5.74) is 3.01. The van der Waals surface area contributed by atoms with E-state index in [-0.39, 0.29) is 12.1 Å². The first-order chi connectivity index (χ1) is 12.5. The van der Waals surface area contributed by atoms with Gasteiger partial charge in [0, 0.05) is 27.6 Å². The zero-order valence-corrected chi connectivity index (χ0v) is 17.3. The Hall–Kier alpha value is -1.82. The number of nitrogens with one attached hydrogen (secondary N) is 1. The first-order valence-electron chi connectivity index (χ1n) is 8.39. The van der Waals surface area contributed by atoms with Crippen molar-refractivity contribution in [3.8, 4) is 11.6 Å². The third kappa shape index (κ3) is 4.29. The fourth-order valence-electron chi connectivity index (χ4n) is 2.84. The number of hydrogen-bond donors (Lipinski definition) is 1. The SMILES string of the molecule is COc1cc(C(C)NC(C)c2cccc(Cl)c2)nn1-c1ccc(Br)cc1. The summed E-state index contributed by atoms with van der Waals surface area (Å²) in [5.74, 6) is 0.700. The first-order valence-corrected chi connectivity index (χ1v) is 9.56. The summed E-state index contributed by atoms with van der Waals surface area (Å²) >= 11 is 9.56. The van der Waals surface area contributed by atoms with Gasteiger partial charge < -0.3 is 10.1 Å². The number of ether oxygens (including phenoxy) is 1. The van der Waals surface area contributed by atoms with Gasteiger partial charge in [0.1, 0.15) is 0 Å². The maximum absolute atomic E-state index is 6.10. The Morgan fingerprint density at radius 3 is 2.46 bits per heavy atom. The molecule has 6 heteroatoms. The number of methoxy groups -OCH3 is 1. The Morgan fingerprint density at radius 1 is 1.08 bits per heavy atom. The van der Waals surface area contributed by atoms with E-state index < -0.39 is 0 Å². The average molecular weight is 435 g/mol. The molecule has 3 aromatic rings. The van der Waals surface area contributed by atoms with Crippen LogP contribution in [0, 0.1) is 0 Å². The van der Waals surface area contributed by atoms with Gasteiger partial charge in [-0.15, -0.1) is 0 Å². The van der Waals surface area contributed by atoms with Crippen LogP contribution >= 0.6 is 27.5 Å². The molecule has 1 heterocycles. The molecule has 0 bridgehead atoms. The van der Waals surface area contributed by atoms with Gasteiger partial charge >= 0.3 is 0 Å². The summed E-state index contributed by atoms with van der Waals surface area (Å²) < 4.78 is 8.35. The monoisotopic (exact) mass is 433 g/mol. The van der Waals surface area contributed by atoms with Crippen molar-refractivity contribution in [3.05, 3.63) is 75.4 Å². The predicted octanol–water partition coefficient (Wildman–Crippen LogP) is 5.71. The molecular weight excluding hydrogens is 414 g/mol. The van der Waals surface area contributed by atoms with Gasteiger partial charge in [-0.25, -0.2) is 4.68 Å². The third-order valence-corrected chi connectivity index (χ3v) is 5.03. The molecule has 0 fully saturated rings. The van der Waals surface area contributed by atoms with E-state index in [9.17, 15) is 0 Å². The molecule has 3 rings (SSSR count). The summed E-state index contributed by atoms with van der Waals surface area (Å²) in [4.78, 5) is 0. The third-order valence-electron chi connectivity index (χ3n) is 4.27. The lowest BCUT2D eigenvalue weighted by Gasteiger charge is -2.19. The summed E-state index contributed by atoms with van der Waals surface area (Å²) in [6.07, 6.45) is 0. The molecule has 1 aromatic heterocycles. The number of aromatic nitrogens is 2. The van der Waals surface area contributed by atoms with Gasteiger partial charge in [0.05, 0.1) is 18.5 Å². The lowest BCUT2D eigenvalue weighted by Crippen LogP contribution is -2.23. The van der Waals surface area contributed by atoms with Crippen LogP contribution in [0.5, 0.6) is 5.88 Å². The largest absolute Gasteiger partial charge is 0.481 e. The van der Waals surface area contributed by atoms with Crippen LogP contribution in [0.4, 0.5) is 0 Å². The summed E-state index contributed by atoms with van der Waals surface area (Å²) in [5, 5.41) is 9.04. The van der Waals surface area contributed by atoms with Gasteiger partial charge in [-0.1, -0.05) is 39.7 Å². The van der Waals surface area contributed by atoms with E-state index in [1.807, 2.05) is 53.2 Å². The van der Waals surface area contributed by atoms with Crippen molar-refractivity contribution < 1.29 is 4.74 Å². The van der Waals surface area contributed by atoms with E-state index >= 15 is 0 Å². The Bertz CT molecular complexity index is 879. The molecule has 2 unspecified atom stereocenters. The van der Waals surface area contributed by atoms with E-state index in [0.717, 1.165) is 26.4 Å². The average Bonchev–Trinajstić information content (AvgIpc) is 3.07.